The molecule has 0 aliphatic heterocycles. The third-order valence-corrected chi connectivity index (χ3v) is 5.44. The molecule has 32 heavy (non-hydrogen) atoms. The van der Waals surface area contributed by atoms with Crippen LogP contribution in [0.15, 0.2) is 47.9 Å². The van der Waals surface area contributed by atoms with Crippen LogP contribution in [0, 0.1) is 17.1 Å². The van der Waals surface area contributed by atoms with E-state index in [2.05, 4.69) is 15.1 Å². The van der Waals surface area contributed by atoms with E-state index in [1.165, 1.54) is 15.3 Å². The highest BCUT2D eigenvalue weighted by Crippen LogP contribution is 2.36. The molecule has 0 saturated carbocycles. The Morgan fingerprint density at radius 3 is 2.66 bits per heavy atom. The summed E-state index contributed by atoms with van der Waals surface area (Å²) in [6.45, 7) is 0. The topological polar surface area (TPSA) is 104 Å². The average Bonchev–Trinajstić information content (AvgIpc) is 3.34. The van der Waals surface area contributed by atoms with E-state index in [1.807, 2.05) is 18.3 Å². The summed E-state index contributed by atoms with van der Waals surface area (Å²) >= 11 is 0. The van der Waals surface area contributed by atoms with Crippen LogP contribution in [-0.2, 0) is 14.1 Å². The quantitative estimate of drug-likeness (QED) is 0.437. The third kappa shape index (κ3) is 2.68. The smallest absolute Gasteiger partial charge is 0.333 e. The van der Waals surface area contributed by atoms with Crippen LogP contribution in [0.25, 0.3) is 38.8 Å². The number of rotatable bonds is 3. The molecule has 0 atom stereocenters. The molecule has 10 heteroatoms. The molecule has 0 saturated heterocycles. The number of halogens is 1. The molecule has 1 aromatic carbocycles. The number of benzene rings is 1. The second kappa shape index (κ2) is 7.02. The number of hydrogen-bond acceptors (Lipinski definition) is 6. The molecule has 0 N–H and O–H groups in total. The van der Waals surface area contributed by atoms with E-state index >= 15 is 0 Å². The van der Waals surface area contributed by atoms with Crippen molar-refractivity contribution in [2.45, 2.75) is 0 Å². The van der Waals surface area contributed by atoms with Crippen molar-refractivity contribution in [3.05, 3.63) is 65.0 Å². The molecule has 9 nitrogen and oxygen atoms in total. The fourth-order valence-corrected chi connectivity index (χ4v) is 3.92. The highest BCUT2D eigenvalue weighted by atomic mass is 19.1. The molecule has 158 valence electrons. The molecule has 0 fully saturated rings. The Morgan fingerprint density at radius 1 is 1.16 bits per heavy atom. The Kier molecular flexibility index (Phi) is 4.27. The zero-order chi connectivity index (χ0) is 22.6. The van der Waals surface area contributed by atoms with E-state index in [9.17, 15) is 14.4 Å². The van der Waals surface area contributed by atoms with E-state index in [4.69, 9.17) is 4.74 Å². The summed E-state index contributed by atoms with van der Waals surface area (Å²) in [5.74, 6) is -0.195. The van der Waals surface area contributed by atoms with Gasteiger partial charge in [-0.15, -0.1) is 0 Å². The first-order valence-electron chi connectivity index (χ1n) is 9.55. The zero-order valence-electron chi connectivity index (χ0n) is 17.4. The van der Waals surface area contributed by atoms with Crippen LogP contribution >= 0.6 is 0 Å². The van der Waals surface area contributed by atoms with Crippen molar-refractivity contribution in [2.75, 3.05) is 7.11 Å². The minimum Gasteiger partial charge on any atom is -0.496 e. The number of ether oxygens (including phenoxy) is 1. The molecule has 0 aliphatic carbocycles. The third-order valence-electron chi connectivity index (χ3n) is 5.44. The highest BCUT2D eigenvalue weighted by Gasteiger charge is 2.22. The van der Waals surface area contributed by atoms with Crippen LogP contribution in [0.5, 0.6) is 5.75 Å². The normalized spacial score (nSPS) is 11.2. The summed E-state index contributed by atoms with van der Waals surface area (Å²) in [5, 5.41) is 14.4. The van der Waals surface area contributed by atoms with Gasteiger partial charge in [-0.1, -0.05) is 0 Å². The molecule has 0 aliphatic rings. The summed E-state index contributed by atoms with van der Waals surface area (Å²) in [5.41, 5.74) is 2.31. The zero-order valence-corrected chi connectivity index (χ0v) is 17.4. The van der Waals surface area contributed by atoms with Crippen molar-refractivity contribution in [3.8, 4) is 28.6 Å². The van der Waals surface area contributed by atoms with Gasteiger partial charge in [0.05, 0.1) is 47.8 Å². The van der Waals surface area contributed by atoms with Crippen molar-refractivity contribution in [1.29, 1.82) is 5.26 Å². The predicted octanol–water partition coefficient (Wildman–Crippen LogP) is 2.69. The summed E-state index contributed by atoms with van der Waals surface area (Å²) in [4.78, 5) is 21.4. The maximum Gasteiger partial charge on any atom is 0.333 e. The largest absolute Gasteiger partial charge is 0.496 e. The Balaban J connectivity index is 1.98. The Bertz CT molecular complexity index is 1640. The second-order valence-corrected chi connectivity index (χ2v) is 7.27. The van der Waals surface area contributed by atoms with Gasteiger partial charge in [-0.2, -0.15) is 10.4 Å². The van der Waals surface area contributed by atoms with Crippen molar-refractivity contribution < 1.29 is 9.13 Å². The number of aromatic nitrogens is 6. The lowest BCUT2D eigenvalue weighted by atomic mass is 10.0. The molecule has 0 bridgehead atoms. The van der Waals surface area contributed by atoms with Crippen LogP contribution in [-0.4, -0.2) is 36.0 Å². The molecular formula is C22H16FN7O2. The van der Waals surface area contributed by atoms with Crippen LogP contribution in [0.1, 0.15) is 5.56 Å². The number of aryl methyl sites for hydroxylation is 2. The highest BCUT2D eigenvalue weighted by molar-refractivity contribution is 6.05. The van der Waals surface area contributed by atoms with Gasteiger partial charge in [0.1, 0.15) is 17.5 Å². The molecule has 0 amide bonds. The van der Waals surface area contributed by atoms with Gasteiger partial charge in [0.2, 0.25) is 0 Å². The lowest BCUT2D eigenvalue weighted by Crippen LogP contribution is -2.22. The Morgan fingerprint density at radius 2 is 1.97 bits per heavy atom. The minimum atomic E-state index is -0.774. The summed E-state index contributed by atoms with van der Waals surface area (Å²) < 4.78 is 24.7. The SMILES string of the molecule is COc1cc2ncc3c(c2cc1-c1cnn(C)c1)n(-c1c(F)cncc1C#N)c(=O)n3C. The van der Waals surface area contributed by atoms with E-state index in [-0.39, 0.29) is 11.3 Å². The van der Waals surface area contributed by atoms with Crippen molar-refractivity contribution >= 4 is 21.9 Å². The van der Waals surface area contributed by atoms with Crippen LogP contribution in [0.3, 0.4) is 0 Å². The first-order valence-corrected chi connectivity index (χ1v) is 9.55. The number of hydrogen-bond donors (Lipinski definition) is 0. The molecule has 4 heterocycles. The van der Waals surface area contributed by atoms with Crippen molar-refractivity contribution in [3.63, 3.8) is 0 Å². The first-order chi connectivity index (χ1) is 15.4. The molecule has 5 aromatic rings. The van der Waals surface area contributed by atoms with Gasteiger partial charge in [-0.25, -0.2) is 9.18 Å². The summed E-state index contributed by atoms with van der Waals surface area (Å²) in [6, 6.07) is 5.52. The maximum atomic E-state index is 14.9. The molecule has 0 spiro atoms. The molecule has 0 radical (unpaired) electrons. The molecule has 5 rings (SSSR count). The van der Waals surface area contributed by atoms with Gasteiger partial charge >= 0.3 is 5.69 Å². The number of imidazole rings is 1. The fourth-order valence-electron chi connectivity index (χ4n) is 3.92. The molecule has 4 aromatic heterocycles. The molecular weight excluding hydrogens is 413 g/mol. The van der Waals surface area contributed by atoms with Gasteiger partial charge in [-0.3, -0.25) is 23.8 Å². The first kappa shape index (κ1) is 19.4. The van der Waals surface area contributed by atoms with Crippen molar-refractivity contribution in [1.82, 2.24) is 28.9 Å². The van der Waals surface area contributed by atoms with Gasteiger partial charge in [0, 0.05) is 49.1 Å². The maximum absolute atomic E-state index is 14.9. The number of nitrogens with zero attached hydrogens (tertiary/aromatic N) is 7. The molecule has 0 unspecified atom stereocenters. The van der Waals surface area contributed by atoms with E-state index in [0.717, 1.165) is 17.3 Å². The number of nitriles is 1. The second-order valence-electron chi connectivity index (χ2n) is 7.27. The standard InChI is InChI=1S/C22H16FN7O2/c1-28-11-13(8-27-28)14-4-15-17(5-19(14)32-3)26-10-18-21(15)30(22(31)29(18)2)20-12(6-24)7-25-9-16(20)23/h4-5,7-11H,1-3H3. The Hall–Kier alpha value is -4.52. The average molecular weight is 429 g/mol. The van der Waals surface area contributed by atoms with Gasteiger partial charge in [0.15, 0.2) is 5.82 Å². The summed E-state index contributed by atoms with van der Waals surface area (Å²) in [7, 11) is 4.94. The minimum absolute atomic E-state index is 0.0504. The van der Waals surface area contributed by atoms with E-state index < -0.39 is 11.5 Å². The van der Waals surface area contributed by atoms with Crippen LogP contribution < -0.4 is 10.4 Å². The summed E-state index contributed by atoms with van der Waals surface area (Å²) in [6.07, 6.45) is 7.30. The lowest BCUT2D eigenvalue weighted by molar-refractivity contribution is 0.417. The van der Waals surface area contributed by atoms with E-state index in [0.29, 0.717) is 27.7 Å². The van der Waals surface area contributed by atoms with Gasteiger partial charge in [0.25, 0.3) is 0 Å². The predicted molar refractivity (Wildman–Crippen MR) is 115 cm³/mol. The van der Waals surface area contributed by atoms with Gasteiger partial charge < -0.3 is 4.74 Å². The van der Waals surface area contributed by atoms with E-state index in [1.54, 1.807) is 44.3 Å². The van der Waals surface area contributed by atoms with Crippen LogP contribution in [0.4, 0.5) is 4.39 Å². The number of fused-ring (bicyclic) bond motifs is 3. The lowest BCUT2D eigenvalue weighted by Gasteiger charge is -2.12. The van der Waals surface area contributed by atoms with Gasteiger partial charge in [-0.05, 0) is 6.07 Å². The van der Waals surface area contributed by atoms with Crippen LogP contribution in [0.2, 0.25) is 0 Å². The Labute approximate surface area is 180 Å². The fraction of sp³-hybridized carbons (Fsp3) is 0.136. The monoisotopic (exact) mass is 429 g/mol. The number of pyridine rings is 2. The number of methoxy groups -OCH3 is 1. The van der Waals surface area contributed by atoms with Crippen molar-refractivity contribution in [2.24, 2.45) is 14.1 Å².